The van der Waals surface area contributed by atoms with Crippen LogP contribution in [0.5, 0.6) is 0 Å². The second-order valence-electron chi connectivity index (χ2n) is 4.73. The Bertz CT molecular complexity index is 635. The molecule has 0 spiro atoms. The lowest BCUT2D eigenvalue weighted by Crippen LogP contribution is -2.18. The van der Waals surface area contributed by atoms with Crippen molar-refractivity contribution in [3.63, 3.8) is 0 Å². The van der Waals surface area contributed by atoms with E-state index >= 15 is 0 Å². The molecular formula is C14H15ClF3N3. The van der Waals surface area contributed by atoms with E-state index in [0.717, 1.165) is 11.8 Å². The van der Waals surface area contributed by atoms with Crippen molar-refractivity contribution >= 4 is 11.6 Å². The van der Waals surface area contributed by atoms with Crippen molar-refractivity contribution in [3.8, 4) is 0 Å². The maximum absolute atomic E-state index is 12.9. The summed E-state index contributed by atoms with van der Waals surface area (Å²) in [6.07, 6.45) is -4.35. The van der Waals surface area contributed by atoms with Crippen LogP contribution in [0.2, 0.25) is 5.02 Å². The summed E-state index contributed by atoms with van der Waals surface area (Å²) in [5.74, 6) is 0. The van der Waals surface area contributed by atoms with Crippen LogP contribution in [0.15, 0.2) is 24.3 Å². The van der Waals surface area contributed by atoms with Crippen LogP contribution in [-0.4, -0.2) is 9.78 Å². The number of rotatable bonds is 4. The zero-order valence-corrected chi connectivity index (χ0v) is 12.4. The van der Waals surface area contributed by atoms with Gasteiger partial charge >= 0.3 is 6.18 Å². The Labute approximate surface area is 125 Å². The van der Waals surface area contributed by atoms with Gasteiger partial charge in [-0.15, -0.1) is 0 Å². The van der Waals surface area contributed by atoms with Gasteiger partial charge in [0.1, 0.15) is 0 Å². The van der Waals surface area contributed by atoms with Gasteiger partial charge in [-0.3, -0.25) is 4.68 Å². The monoisotopic (exact) mass is 317 g/mol. The van der Waals surface area contributed by atoms with Crippen molar-refractivity contribution < 1.29 is 13.2 Å². The summed E-state index contributed by atoms with van der Waals surface area (Å²) < 4.78 is 40.2. The summed E-state index contributed by atoms with van der Waals surface area (Å²) in [5, 5.41) is 7.67. The molecule has 1 aromatic carbocycles. The Kier molecular flexibility index (Phi) is 4.58. The van der Waals surface area contributed by atoms with Crippen LogP contribution in [-0.2, 0) is 26.3 Å². The summed E-state index contributed by atoms with van der Waals surface area (Å²) in [6.45, 7) is 2.24. The van der Waals surface area contributed by atoms with Gasteiger partial charge in [-0.25, -0.2) is 0 Å². The van der Waals surface area contributed by atoms with Gasteiger partial charge in [0.2, 0.25) is 0 Å². The predicted octanol–water partition coefficient (Wildman–Crippen LogP) is 3.69. The number of benzene rings is 1. The van der Waals surface area contributed by atoms with Crippen molar-refractivity contribution in [3.05, 3.63) is 51.8 Å². The molecule has 2 rings (SSSR count). The van der Waals surface area contributed by atoms with Crippen LogP contribution in [0.1, 0.15) is 22.5 Å². The molecule has 0 bridgehead atoms. The molecule has 0 aliphatic carbocycles. The highest BCUT2D eigenvalue weighted by atomic mass is 35.5. The van der Waals surface area contributed by atoms with E-state index in [1.54, 1.807) is 24.7 Å². The summed E-state index contributed by atoms with van der Waals surface area (Å²) in [7, 11) is 1.75. The molecule has 2 aromatic rings. The van der Waals surface area contributed by atoms with Crippen LogP contribution >= 0.6 is 11.6 Å². The van der Waals surface area contributed by atoms with Crippen molar-refractivity contribution in [1.82, 2.24) is 15.1 Å². The molecular weight excluding hydrogens is 303 g/mol. The molecule has 1 N–H and O–H groups in total. The van der Waals surface area contributed by atoms with Gasteiger partial charge < -0.3 is 5.32 Å². The van der Waals surface area contributed by atoms with Crippen molar-refractivity contribution in [2.45, 2.75) is 26.2 Å². The van der Waals surface area contributed by atoms with E-state index < -0.39 is 11.7 Å². The van der Waals surface area contributed by atoms with E-state index in [1.165, 1.54) is 12.1 Å². The van der Waals surface area contributed by atoms with Crippen LogP contribution < -0.4 is 5.32 Å². The molecule has 0 amide bonds. The molecule has 21 heavy (non-hydrogen) atoms. The molecule has 1 aromatic heterocycles. The van der Waals surface area contributed by atoms with Gasteiger partial charge in [-0.2, -0.15) is 18.3 Å². The molecule has 0 aliphatic rings. The number of nitrogens with one attached hydrogen (secondary N) is 1. The molecule has 1 heterocycles. The fourth-order valence-electron chi connectivity index (χ4n) is 2.14. The third-order valence-electron chi connectivity index (χ3n) is 3.19. The summed E-state index contributed by atoms with van der Waals surface area (Å²) in [4.78, 5) is 0. The molecule has 7 heteroatoms. The molecule has 0 aliphatic heterocycles. The standard InChI is InChI=1S/C14H15ClF3N3/c1-9-13(15)12(21(2)20-9)8-19-7-10-5-3-4-6-11(10)14(16,17)18/h3-6,19H,7-8H2,1-2H3. The normalized spacial score (nSPS) is 11.9. The molecule has 0 unspecified atom stereocenters. The maximum Gasteiger partial charge on any atom is 0.416 e. The number of halogens is 4. The lowest BCUT2D eigenvalue weighted by Gasteiger charge is -2.13. The number of alkyl halides is 3. The first kappa shape index (κ1) is 15.9. The topological polar surface area (TPSA) is 29.9 Å². The third kappa shape index (κ3) is 3.57. The minimum Gasteiger partial charge on any atom is -0.307 e. The lowest BCUT2D eigenvalue weighted by atomic mass is 10.1. The summed E-state index contributed by atoms with van der Waals surface area (Å²) >= 11 is 6.10. The predicted molar refractivity (Wildman–Crippen MR) is 74.9 cm³/mol. The summed E-state index contributed by atoms with van der Waals surface area (Å²) in [5.41, 5.74) is 1.04. The largest absolute Gasteiger partial charge is 0.416 e. The first-order chi connectivity index (χ1) is 9.80. The Hall–Kier alpha value is -1.53. The zero-order chi connectivity index (χ0) is 15.6. The number of hydrogen-bond acceptors (Lipinski definition) is 2. The Morgan fingerprint density at radius 1 is 1.24 bits per heavy atom. The molecule has 0 saturated heterocycles. The minimum absolute atomic E-state index is 0.107. The van der Waals surface area contributed by atoms with E-state index in [9.17, 15) is 13.2 Å². The molecule has 0 atom stereocenters. The summed E-state index contributed by atoms with van der Waals surface area (Å²) in [6, 6.07) is 5.52. The van der Waals surface area contributed by atoms with Crippen LogP contribution in [0.4, 0.5) is 13.2 Å². The SMILES string of the molecule is Cc1nn(C)c(CNCc2ccccc2C(F)(F)F)c1Cl. The third-order valence-corrected chi connectivity index (χ3v) is 3.68. The molecule has 0 saturated carbocycles. The Balaban J connectivity index is 2.08. The fourth-order valence-corrected chi connectivity index (χ4v) is 2.37. The van der Waals surface area contributed by atoms with Gasteiger partial charge in [-0.05, 0) is 18.6 Å². The number of hydrogen-bond donors (Lipinski definition) is 1. The molecule has 3 nitrogen and oxygen atoms in total. The maximum atomic E-state index is 12.9. The van der Waals surface area contributed by atoms with Crippen LogP contribution in [0.3, 0.4) is 0 Å². The van der Waals surface area contributed by atoms with E-state index in [4.69, 9.17) is 11.6 Å². The molecule has 0 fully saturated rings. The quantitative estimate of drug-likeness (QED) is 0.932. The van der Waals surface area contributed by atoms with Gasteiger partial charge in [-0.1, -0.05) is 29.8 Å². The minimum atomic E-state index is -4.35. The van der Waals surface area contributed by atoms with Gasteiger partial charge in [0.25, 0.3) is 0 Å². The number of aromatic nitrogens is 2. The highest BCUT2D eigenvalue weighted by molar-refractivity contribution is 6.31. The average Bonchev–Trinajstić information content (AvgIpc) is 2.64. The average molecular weight is 318 g/mol. The van der Waals surface area contributed by atoms with E-state index in [2.05, 4.69) is 10.4 Å². The first-order valence-electron chi connectivity index (χ1n) is 6.34. The fraction of sp³-hybridized carbons (Fsp3) is 0.357. The van der Waals surface area contributed by atoms with Crippen LogP contribution in [0, 0.1) is 6.92 Å². The second kappa shape index (κ2) is 6.07. The Morgan fingerprint density at radius 3 is 2.48 bits per heavy atom. The highest BCUT2D eigenvalue weighted by Crippen LogP contribution is 2.31. The smallest absolute Gasteiger partial charge is 0.307 e. The zero-order valence-electron chi connectivity index (χ0n) is 11.6. The lowest BCUT2D eigenvalue weighted by molar-refractivity contribution is -0.138. The van der Waals surface area contributed by atoms with E-state index in [1.807, 2.05) is 0 Å². The highest BCUT2D eigenvalue weighted by Gasteiger charge is 2.32. The second-order valence-corrected chi connectivity index (χ2v) is 5.11. The van der Waals surface area contributed by atoms with Crippen molar-refractivity contribution in [2.24, 2.45) is 7.05 Å². The van der Waals surface area contributed by atoms with Crippen molar-refractivity contribution in [1.29, 1.82) is 0 Å². The van der Waals surface area contributed by atoms with Gasteiger partial charge in [0.15, 0.2) is 0 Å². The first-order valence-corrected chi connectivity index (χ1v) is 6.72. The van der Waals surface area contributed by atoms with E-state index in [-0.39, 0.29) is 12.1 Å². The van der Waals surface area contributed by atoms with E-state index in [0.29, 0.717) is 17.3 Å². The molecule has 0 radical (unpaired) electrons. The number of nitrogens with zero attached hydrogens (tertiary/aromatic N) is 2. The van der Waals surface area contributed by atoms with Gasteiger partial charge in [0, 0.05) is 20.1 Å². The van der Waals surface area contributed by atoms with Crippen LogP contribution in [0.25, 0.3) is 0 Å². The van der Waals surface area contributed by atoms with Gasteiger partial charge in [0.05, 0.1) is 22.0 Å². The van der Waals surface area contributed by atoms with Crippen molar-refractivity contribution in [2.75, 3.05) is 0 Å². The molecule has 114 valence electrons. The Morgan fingerprint density at radius 2 is 1.90 bits per heavy atom. The number of aryl methyl sites for hydroxylation is 2.